The molecular formula is C15H14ClN3O. The number of halogens is 1. The van der Waals surface area contributed by atoms with Crippen molar-refractivity contribution in [3.05, 3.63) is 40.5 Å². The van der Waals surface area contributed by atoms with E-state index in [4.69, 9.17) is 11.6 Å². The minimum atomic E-state index is 0.402. The number of carbonyl (C=O) groups excluding carboxylic acids is 1. The van der Waals surface area contributed by atoms with Crippen LogP contribution in [0.15, 0.2) is 24.3 Å². The number of rotatable bonds is 2. The molecule has 102 valence electrons. The Morgan fingerprint density at radius 2 is 2.00 bits per heavy atom. The number of nitrogens with zero attached hydrogens (tertiary/aromatic N) is 3. The summed E-state index contributed by atoms with van der Waals surface area (Å²) >= 11 is 6.34. The number of aryl methyl sites for hydroxylation is 1. The Bertz CT molecular complexity index is 836. The number of aldehydes is 1. The van der Waals surface area contributed by atoms with Gasteiger partial charge in [0.1, 0.15) is 5.69 Å². The summed E-state index contributed by atoms with van der Waals surface area (Å²) in [7, 11) is 3.80. The molecule has 2 aromatic heterocycles. The topological polar surface area (TPSA) is 37.6 Å². The Hall–Kier alpha value is -2.07. The lowest BCUT2D eigenvalue weighted by atomic mass is 10.1. The Morgan fingerprint density at radius 3 is 2.65 bits per heavy atom. The van der Waals surface area contributed by atoms with Gasteiger partial charge in [0.05, 0.1) is 16.1 Å². The van der Waals surface area contributed by atoms with E-state index >= 15 is 0 Å². The summed E-state index contributed by atoms with van der Waals surface area (Å²) in [4.78, 5) is 17.5. The highest BCUT2D eigenvalue weighted by molar-refractivity contribution is 6.36. The van der Waals surface area contributed by atoms with E-state index in [-0.39, 0.29) is 0 Å². The van der Waals surface area contributed by atoms with Crippen molar-refractivity contribution in [1.82, 2.24) is 9.38 Å². The van der Waals surface area contributed by atoms with E-state index in [9.17, 15) is 4.79 Å². The van der Waals surface area contributed by atoms with Crippen LogP contribution in [-0.4, -0.2) is 29.8 Å². The molecule has 0 spiro atoms. The molecule has 0 aliphatic rings. The number of carbonyl (C=O) groups is 1. The maximum atomic E-state index is 11.2. The van der Waals surface area contributed by atoms with Crippen LogP contribution in [-0.2, 0) is 0 Å². The van der Waals surface area contributed by atoms with Gasteiger partial charge in [-0.2, -0.15) is 0 Å². The van der Waals surface area contributed by atoms with Gasteiger partial charge in [-0.15, -0.1) is 0 Å². The van der Waals surface area contributed by atoms with E-state index in [1.807, 2.05) is 42.5 Å². The van der Waals surface area contributed by atoms with Crippen LogP contribution in [0.25, 0.3) is 16.4 Å². The summed E-state index contributed by atoms with van der Waals surface area (Å²) in [6, 6.07) is 7.86. The number of benzene rings is 1. The van der Waals surface area contributed by atoms with Crippen molar-refractivity contribution in [2.75, 3.05) is 19.0 Å². The van der Waals surface area contributed by atoms with Gasteiger partial charge in [0, 0.05) is 19.5 Å². The number of aromatic nitrogens is 2. The van der Waals surface area contributed by atoms with Crippen molar-refractivity contribution in [2.45, 2.75) is 6.92 Å². The summed E-state index contributed by atoms with van der Waals surface area (Å²) in [5.74, 6) is 0.717. The first-order valence-corrected chi connectivity index (χ1v) is 6.64. The fourth-order valence-electron chi connectivity index (χ4n) is 2.43. The summed E-state index contributed by atoms with van der Waals surface area (Å²) in [6.45, 7) is 2.03. The van der Waals surface area contributed by atoms with Crippen molar-refractivity contribution in [1.29, 1.82) is 0 Å². The monoisotopic (exact) mass is 287 g/mol. The van der Waals surface area contributed by atoms with Gasteiger partial charge >= 0.3 is 0 Å². The van der Waals surface area contributed by atoms with Gasteiger partial charge in [-0.05, 0) is 24.6 Å². The molecule has 3 aromatic rings. The fraction of sp³-hybridized carbons (Fsp3) is 0.200. The molecule has 20 heavy (non-hydrogen) atoms. The molecule has 0 bridgehead atoms. The van der Waals surface area contributed by atoms with Crippen molar-refractivity contribution >= 4 is 40.3 Å². The molecule has 5 heteroatoms. The molecule has 0 saturated carbocycles. The van der Waals surface area contributed by atoms with Crippen LogP contribution in [0.4, 0.5) is 5.95 Å². The van der Waals surface area contributed by atoms with Crippen LogP contribution in [0.5, 0.6) is 0 Å². The molecule has 3 rings (SSSR count). The summed E-state index contributed by atoms with van der Waals surface area (Å²) in [5, 5.41) is 1.57. The van der Waals surface area contributed by atoms with Crippen LogP contribution in [0.1, 0.15) is 16.1 Å². The molecule has 0 atom stereocenters. The van der Waals surface area contributed by atoms with Gasteiger partial charge in [0.25, 0.3) is 0 Å². The number of anilines is 1. The third kappa shape index (κ3) is 1.76. The Morgan fingerprint density at radius 1 is 1.25 bits per heavy atom. The standard InChI is InChI=1S/C15H14ClN3O/c1-9-4-5-10-11(16)7-14-12(8-20)17-15(18(2)3)19(14)13(10)6-9/h4-8H,1-3H3. The molecule has 4 nitrogen and oxygen atoms in total. The highest BCUT2D eigenvalue weighted by Crippen LogP contribution is 2.31. The minimum absolute atomic E-state index is 0.402. The van der Waals surface area contributed by atoms with Crippen molar-refractivity contribution in [3.8, 4) is 0 Å². The van der Waals surface area contributed by atoms with Gasteiger partial charge in [-0.25, -0.2) is 4.98 Å². The van der Waals surface area contributed by atoms with Crippen LogP contribution in [0.3, 0.4) is 0 Å². The number of hydrogen-bond donors (Lipinski definition) is 0. The number of hydrogen-bond acceptors (Lipinski definition) is 3. The van der Waals surface area contributed by atoms with Gasteiger partial charge in [-0.3, -0.25) is 9.20 Å². The van der Waals surface area contributed by atoms with Crippen molar-refractivity contribution in [2.24, 2.45) is 0 Å². The number of imidazole rings is 1. The van der Waals surface area contributed by atoms with Gasteiger partial charge in [0.15, 0.2) is 6.29 Å². The zero-order valence-corrected chi connectivity index (χ0v) is 12.3. The Labute approximate surface area is 121 Å². The maximum Gasteiger partial charge on any atom is 0.210 e. The number of pyridine rings is 1. The van der Waals surface area contributed by atoms with E-state index in [2.05, 4.69) is 11.1 Å². The van der Waals surface area contributed by atoms with Gasteiger partial charge < -0.3 is 4.90 Å². The first-order chi connectivity index (χ1) is 9.52. The zero-order valence-electron chi connectivity index (χ0n) is 11.5. The average Bonchev–Trinajstić information content (AvgIpc) is 2.77. The fourth-order valence-corrected chi connectivity index (χ4v) is 2.69. The summed E-state index contributed by atoms with van der Waals surface area (Å²) < 4.78 is 1.97. The highest BCUT2D eigenvalue weighted by atomic mass is 35.5. The quantitative estimate of drug-likeness (QED) is 0.679. The van der Waals surface area contributed by atoms with Crippen LogP contribution in [0.2, 0.25) is 5.02 Å². The molecule has 0 fully saturated rings. The first kappa shape index (κ1) is 12.9. The van der Waals surface area contributed by atoms with E-state index in [0.29, 0.717) is 10.7 Å². The van der Waals surface area contributed by atoms with E-state index in [1.165, 1.54) is 0 Å². The first-order valence-electron chi connectivity index (χ1n) is 6.26. The lowest BCUT2D eigenvalue weighted by Crippen LogP contribution is -2.12. The van der Waals surface area contributed by atoms with Crippen LogP contribution < -0.4 is 4.90 Å². The molecule has 2 heterocycles. The molecule has 0 unspecified atom stereocenters. The Balaban J connectivity index is 2.60. The lowest BCUT2D eigenvalue weighted by Gasteiger charge is -2.13. The van der Waals surface area contributed by atoms with Crippen LogP contribution >= 0.6 is 11.6 Å². The predicted octanol–water partition coefficient (Wildman–Crippen LogP) is 3.33. The smallest absolute Gasteiger partial charge is 0.210 e. The second-order valence-electron chi connectivity index (χ2n) is 5.04. The highest BCUT2D eigenvalue weighted by Gasteiger charge is 2.16. The largest absolute Gasteiger partial charge is 0.348 e. The minimum Gasteiger partial charge on any atom is -0.348 e. The third-order valence-electron chi connectivity index (χ3n) is 3.35. The molecule has 0 aliphatic heterocycles. The predicted molar refractivity (Wildman–Crippen MR) is 82.2 cm³/mol. The lowest BCUT2D eigenvalue weighted by molar-refractivity contribution is 0.112. The van der Waals surface area contributed by atoms with E-state index < -0.39 is 0 Å². The molecule has 0 saturated heterocycles. The normalized spacial score (nSPS) is 11.2. The second-order valence-corrected chi connectivity index (χ2v) is 5.45. The molecule has 1 aromatic carbocycles. The molecular weight excluding hydrogens is 274 g/mol. The van der Waals surface area contributed by atoms with Gasteiger partial charge in [-0.1, -0.05) is 23.7 Å². The van der Waals surface area contributed by atoms with Crippen molar-refractivity contribution < 1.29 is 4.79 Å². The molecule has 0 N–H and O–H groups in total. The van der Waals surface area contributed by atoms with Crippen molar-refractivity contribution in [3.63, 3.8) is 0 Å². The molecule has 0 aliphatic carbocycles. The van der Waals surface area contributed by atoms with E-state index in [1.54, 1.807) is 6.07 Å². The second kappa shape index (κ2) is 4.49. The zero-order chi connectivity index (χ0) is 14.4. The molecule has 0 radical (unpaired) electrons. The van der Waals surface area contributed by atoms with E-state index in [0.717, 1.165) is 34.2 Å². The van der Waals surface area contributed by atoms with Crippen LogP contribution in [0, 0.1) is 6.92 Å². The number of fused-ring (bicyclic) bond motifs is 3. The SMILES string of the molecule is Cc1ccc2c(Cl)cc3c(C=O)nc(N(C)C)n3c2c1. The van der Waals surface area contributed by atoms with Gasteiger partial charge in [0.2, 0.25) is 5.95 Å². The average molecular weight is 288 g/mol. The summed E-state index contributed by atoms with van der Waals surface area (Å²) in [5.41, 5.74) is 3.22. The summed E-state index contributed by atoms with van der Waals surface area (Å²) in [6.07, 6.45) is 0.764. The maximum absolute atomic E-state index is 11.2. The Kier molecular flexibility index (Phi) is 2.91. The molecule has 0 amide bonds. The third-order valence-corrected chi connectivity index (χ3v) is 3.66.